The van der Waals surface area contributed by atoms with Crippen molar-refractivity contribution in [2.75, 3.05) is 19.8 Å². The van der Waals surface area contributed by atoms with Crippen LogP contribution < -0.4 is 0 Å². The molecule has 1 unspecified atom stereocenters. The largest absolute Gasteiger partial charge is 0.465 e. The third-order valence-corrected chi connectivity index (χ3v) is 3.89. The van der Waals surface area contributed by atoms with Crippen LogP contribution in [0, 0.1) is 16.7 Å². The van der Waals surface area contributed by atoms with Gasteiger partial charge in [-0.15, -0.1) is 0 Å². The van der Waals surface area contributed by atoms with E-state index in [2.05, 4.69) is 6.07 Å². The van der Waals surface area contributed by atoms with Crippen molar-refractivity contribution in [1.82, 2.24) is 0 Å². The smallest absolute Gasteiger partial charge is 0.318 e. The van der Waals surface area contributed by atoms with Crippen LogP contribution in [0.4, 0.5) is 0 Å². The van der Waals surface area contributed by atoms with E-state index in [1.54, 1.807) is 6.92 Å². The zero-order valence-corrected chi connectivity index (χ0v) is 10.7. The minimum absolute atomic E-state index is 0.0891. The fraction of sp³-hybridized carbons (Fsp3) is 0.846. The number of hydrogen-bond donors (Lipinski definition) is 0. The van der Waals surface area contributed by atoms with Gasteiger partial charge in [0.2, 0.25) is 0 Å². The zero-order chi connectivity index (χ0) is 13.1. The molecule has 1 atom stereocenters. The molecule has 1 saturated carbocycles. The number of esters is 1. The van der Waals surface area contributed by atoms with Crippen molar-refractivity contribution in [1.29, 1.82) is 5.26 Å². The molecule has 5 nitrogen and oxygen atoms in total. The molecule has 0 bridgehead atoms. The van der Waals surface area contributed by atoms with E-state index in [9.17, 15) is 4.79 Å². The lowest BCUT2D eigenvalue weighted by Gasteiger charge is -2.46. The molecule has 5 heteroatoms. The number of rotatable bonds is 3. The summed E-state index contributed by atoms with van der Waals surface area (Å²) in [7, 11) is 0. The van der Waals surface area contributed by atoms with Gasteiger partial charge in [0.25, 0.3) is 0 Å². The van der Waals surface area contributed by atoms with Gasteiger partial charge in [-0.25, -0.2) is 0 Å². The van der Waals surface area contributed by atoms with E-state index in [1.807, 2.05) is 0 Å². The average Bonchev–Trinajstić information content (AvgIpc) is 2.83. The van der Waals surface area contributed by atoms with E-state index >= 15 is 0 Å². The van der Waals surface area contributed by atoms with Crippen molar-refractivity contribution in [2.24, 2.45) is 5.41 Å². The fourth-order valence-electron chi connectivity index (χ4n) is 3.05. The third kappa shape index (κ3) is 1.90. The van der Waals surface area contributed by atoms with Gasteiger partial charge in [0.15, 0.2) is 5.79 Å². The normalized spacial score (nSPS) is 30.0. The molecule has 2 rings (SSSR count). The van der Waals surface area contributed by atoms with Crippen LogP contribution in [0.3, 0.4) is 0 Å². The average molecular weight is 253 g/mol. The highest BCUT2D eigenvalue weighted by atomic mass is 16.7. The van der Waals surface area contributed by atoms with Gasteiger partial charge in [-0.05, 0) is 19.8 Å². The molecular weight excluding hydrogens is 234 g/mol. The standard InChI is InChI=1S/C13H19NO4/c1-2-16-11(15)12(7-8-14)5-3-4-6-13(12)17-9-10-18-13/h2-7,9-10H2,1H3. The van der Waals surface area contributed by atoms with Crippen LogP contribution in [0.1, 0.15) is 39.0 Å². The SMILES string of the molecule is CCOC(=O)C1(CC#N)CCCCC12OCCO2. The molecule has 1 aliphatic carbocycles. The molecule has 0 N–H and O–H groups in total. The van der Waals surface area contributed by atoms with E-state index in [-0.39, 0.29) is 12.4 Å². The van der Waals surface area contributed by atoms with Crippen LogP contribution >= 0.6 is 0 Å². The van der Waals surface area contributed by atoms with Crippen molar-refractivity contribution in [3.63, 3.8) is 0 Å². The molecule has 0 radical (unpaired) electrons. The maximum Gasteiger partial charge on any atom is 0.318 e. The molecule has 0 amide bonds. The van der Waals surface area contributed by atoms with Gasteiger partial charge >= 0.3 is 5.97 Å². The first kappa shape index (κ1) is 13.3. The Bertz CT molecular complexity index is 356. The predicted octanol–water partition coefficient (Wildman–Crippen LogP) is 1.77. The summed E-state index contributed by atoms with van der Waals surface area (Å²) in [4.78, 5) is 12.3. The van der Waals surface area contributed by atoms with Gasteiger partial charge < -0.3 is 14.2 Å². The summed E-state index contributed by atoms with van der Waals surface area (Å²) in [5, 5.41) is 9.08. The van der Waals surface area contributed by atoms with Gasteiger partial charge in [0.05, 0.1) is 32.3 Å². The Kier molecular flexibility index (Phi) is 3.88. The lowest BCUT2D eigenvalue weighted by molar-refractivity contribution is -0.258. The van der Waals surface area contributed by atoms with Gasteiger partial charge in [-0.3, -0.25) is 4.79 Å². The maximum absolute atomic E-state index is 12.3. The molecule has 100 valence electrons. The second-order valence-corrected chi connectivity index (χ2v) is 4.79. The number of carbonyl (C=O) groups excluding carboxylic acids is 1. The summed E-state index contributed by atoms with van der Waals surface area (Å²) in [5.41, 5.74) is -0.952. The second-order valence-electron chi connectivity index (χ2n) is 4.79. The van der Waals surface area contributed by atoms with Crippen LogP contribution in [0.15, 0.2) is 0 Å². The van der Waals surface area contributed by atoms with Crippen molar-refractivity contribution in [3.05, 3.63) is 0 Å². The van der Waals surface area contributed by atoms with Crippen molar-refractivity contribution < 1.29 is 19.0 Å². The summed E-state index contributed by atoms with van der Waals surface area (Å²) in [6.07, 6.45) is 3.19. The van der Waals surface area contributed by atoms with Crippen LogP contribution in [0.2, 0.25) is 0 Å². The first-order valence-corrected chi connectivity index (χ1v) is 6.53. The van der Waals surface area contributed by atoms with Crippen LogP contribution in [0.25, 0.3) is 0 Å². The van der Waals surface area contributed by atoms with Crippen molar-refractivity contribution in [3.8, 4) is 6.07 Å². The molecule has 1 aliphatic heterocycles. The lowest BCUT2D eigenvalue weighted by Crippen LogP contribution is -2.56. The first-order chi connectivity index (χ1) is 8.71. The first-order valence-electron chi connectivity index (χ1n) is 6.53. The molecule has 0 aromatic heterocycles. The van der Waals surface area contributed by atoms with Crippen molar-refractivity contribution in [2.45, 2.75) is 44.8 Å². The highest BCUT2D eigenvalue weighted by Gasteiger charge is 2.62. The summed E-state index contributed by atoms with van der Waals surface area (Å²) in [5.74, 6) is -1.29. The molecule has 1 spiro atoms. The van der Waals surface area contributed by atoms with Gasteiger partial charge in [0.1, 0.15) is 5.41 Å². The summed E-state index contributed by atoms with van der Waals surface area (Å²) in [6.45, 7) is 3.03. The second kappa shape index (κ2) is 5.25. The van der Waals surface area contributed by atoms with Crippen LogP contribution in [0.5, 0.6) is 0 Å². The van der Waals surface area contributed by atoms with E-state index in [1.165, 1.54) is 0 Å². The van der Waals surface area contributed by atoms with Crippen LogP contribution in [-0.4, -0.2) is 31.6 Å². The predicted molar refractivity (Wildman–Crippen MR) is 62.4 cm³/mol. The minimum atomic E-state index is -0.952. The molecule has 18 heavy (non-hydrogen) atoms. The summed E-state index contributed by atoms with van der Waals surface area (Å²) >= 11 is 0. The van der Waals surface area contributed by atoms with Gasteiger partial charge in [-0.2, -0.15) is 5.26 Å². The molecule has 2 fully saturated rings. The topological polar surface area (TPSA) is 68.6 Å². The molecule has 1 saturated heterocycles. The monoisotopic (exact) mass is 253 g/mol. The number of nitrogens with zero attached hydrogens (tertiary/aromatic N) is 1. The van der Waals surface area contributed by atoms with Crippen LogP contribution in [-0.2, 0) is 19.0 Å². The van der Waals surface area contributed by atoms with E-state index in [0.29, 0.717) is 32.7 Å². The van der Waals surface area contributed by atoms with E-state index in [4.69, 9.17) is 19.5 Å². The Morgan fingerprint density at radius 1 is 1.33 bits per heavy atom. The molecular formula is C13H19NO4. The summed E-state index contributed by atoms with van der Waals surface area (Å²) < 4.78 is 16.7. The Hall–Kier alpha value is -1.12. The fourth-order valence-corrected chi connectivity index (χ4v) is 3.05. The minimum Gasteiger partial charge on any atom is -0.465 e. The Morgan fingerprint density at radius 3 is 2.61 bits per heavy atom. The number of carbonyl (C=O) groups is 1. The number of nitriles is 1. The molecule has 0 aromatic carbocycles. The highest BCUT2D eigenvalue weighted by Crippen LogP contribution is 2.52. The van der Waals surface area contributed by atoms with Gasteiger partial charge in [0, 0.05) is 6.42 Å². The quantitative estimate of drug-likeness (QED) is 0.717. The molecule has 1 heterocycles. The Morgan fingerprint density at radius 2 is 2.00 bits per heavy atom. The Labute approximate surface area is 107 Å². The number of ether oxygens (including phenoxy) is 3. The van der Waals surface area contributed by atoms with Crippen molar-refractivity contribution >= 4 is 5.97 Å². The lowest BCUT2D eigenvalue weighted by atomic mass is 9.67. The highest BCUT2D eigenvalue weighted by molar-refractivity contribution is 5.79. The zero-order valence-electron chi connectivity index (χ0n) is 10.7. The third-order valence-electron chi connectivity index (χ3n) is 3.89. The summed E-state index contributed by atoms with van der Waals surface area (Å²) in [6, 6.07) is 2.11. The molecule has 0 aromatic rings. The van der Waals surface area contributed by atoms with E-state index in [0.717, 1.165) is 12.8 Å². The van der Waals surface area contributed by atoms with Gasteiger partial charge in [-0.1, -0.05) is 6.42 Å². The maximum atomic E-state index is 12.3. The van der Waals surface area contributed by atoms with E-state index < -0.39 is 11.2 Å². The Balaban J connectivity index is 2.35. The number of hydrogen-bond acceptors (Lipinski definition) is 5. The molecule has 2 aliphatic rings.